The molecule has 8 heteroatoms. The molecule has 0 spiro atoms. The molecule has 0 saturated carbocycles. The fraction of sp³-hybridized carbons (Fsp3) is 0.261. The van der Waals surface area contributed by atoms with Crippen LogP contribution >= 0.6 is 34.8 Å². The largest absolute Gasteiger partial charge is 0.483 e. The second kappa shape index (κ2) is 9.96. The van der Waals surface area contributed by atoms with E-state index in [0.717, 1.165) is 19.6 Å². The third-order valence-corrected chi connectivity index (χ3v) is 5.88. The highest BCUT2D eigenvalue weighted by molar-refractivity contribution is 6.40. The summed E-state index contributed by atoms with van der Waals surface area (Å²) >= 11 is 18.2. The second-order valence-corrected chi connectivity index (χ2v) is 8.56. The van der Waals surface area contributed by atoms with Crippen molar-refractivity contribution in [2.45, 2.75) is 13.2 Å². The van der Waals surface area contributed by atoms with Crippen molar-refractivity contribution < 1.29 is 13.9 Å². The molecule has 3 aromatic rings. The molecule has 4 rings (SSSR count). The molecule has 1 aliphatic heterocycles. The summed E-state index contributed by atoms with van der Waals surface area (Å²) in [6, 6.07) is 16.8. The Morgan fingerprint density at radius 1 is 0.935 bits per heavy atom. The number of amides is 1. The fourth-order valence-corrected chi connectivity index (χ4v) is 4.41. The maximum absolute atomic E-state index is 12.8. The molecule has 1 saturated heterocycles. The molecule has 1 amide bonds. The molecule has 0 N–H and O–H groups in total. The van der Waals surface area contributed by atoms with E-state index in [-0.39, 0.29) is 12.5 Å². The number of carbonyl (C=O) groups excluding carboxylic acids is 1. The quantitative estimate of drug-likeness (QED) is 0.450. The normalized spacial score (nSPS) is 14.6. The first-order valence-electron chi connectivity index (χ1n) is 9.91. The minimum atomic E-state index is -0.117. The summed E-state index contributed by atoms with van der Waals surface area (Å²) in [7, 11) is 0. The SMILES string of the molecule is O=C(c1ccc(COc2c(Cl)cc(Cl)cc2Cl)o1)N1CCN(Cc2ccccc2)CC1. The van der Waals surface area contributed by atoms with E-state index >= 15 is 0 Å². The van der Waals surface area contributed by atoms with Crippen LogP contribution in [0.3, 0.4) is 0 Å². The van der Waals surface area contributed by atoms with Gasteiger partial charge >= 0.3 is 0 Å². The summed E-state index contributed by atoms with van der Waals surface area (Å²) in [4.78, 5) is 17.0. The van der Waals surface area contributed by atoms with E-state index < -0.39 is 0 Å². The van der Waals surface area contributed by atoms with Gasteiger partial charge in [-0.2, -0.15) is 0 Å². The van der Waals surface area contributed by atoms with E-state index in [1.165, 1.54) is 5.56 Å². The molecule has 162 valence electrons. The molecule has 1 fully saturated rings. The molecule has 5 nitrogen and oxygen atoms in total. The first kappa shape index (κ1) is 22.0. The zero-order valence-corrected chi connectivity index (χ0v) is 19.0. The molecule has 0 bridgehead atoms. The summed E-state index contributed by atoms with van der Waals surface area (Å²) in [5.41, 5.74) is 1.28. The number of halogens is 3. The van der Waals surface area contributed by atoms with Crippen LogP contribution in [0.15, 0.2) is 59.0 Å². The van der Waals surface area contributed by atoms with Gasteiger partial charge < -0.3 is 14.1 Å². The molecule has 0 radical (unpaired) electrons. The van der Waals surface area contributed by atoms with Crippen molar-refractivity contribution in [3.8, 4) is 5.75 Å². The van der Waals surface area contributed by atoms with Crippen molar-refractivity contribution >= 4 is 40.7 Å². The van der Waals surface area contributed by atoms with Crippen LogP contribution in [0.2, 0.25) is 15.1 Å². The highest BCUT2D eigenvalue weighted by atomic mass is 35.5. The molecule has 0 atom stereocenters. The number of hydrogen-bond acceptors (Lipinski definition) is 4. The minimum Gasteiger partial charge on any atom is -0.483 e. The lowest BCUT2D eigenvalue weighted by Crippen LogP contribution is -2.48. The monoisotopic (exact) mass is 478 g/mol. The zero-order chi connectivity index (χ0) is 21.8. The molecule has 0 aliphatic carbocycles. The van der Waals surface area contributed by atoms with Crippen molar-refractivity contribution in [3.05, 3.63) is 86.7 Å². The van der Waals surface area contributed by atoms with Gasteiger partial charge in [-0.05, 0) is 29.8 Å². The van der Waals surface area contributed by atoms with E-state index in [1.54, 1.807) is 24.3 Å². The van der Waals surface area contributed by atoms with E-state index in [0.29, 0.717) is 45.4 Å². The molecule has 1 aromatic heterocycles. The van der Waals surface area contributed by atoms with Crippen molar-refractivity contribution in [2.75, 3.05) is 26.2 Å². The van der Waals surface area contributed by atoms with E-state index in [2.05, 4.69) is 17.0 Å². The smallest absolute Gasteiger partial charge is 0.289 e. The maximum Gasteiger partial charge on any atom is 0.289 e. The molecule has 1 aliphatic rings. The summed E-state index contributed by atoms with van der Waals surface area (Å²) in [6.07, 6.45) is 0. The Morgan fingerprint density at radius 2 is 1.61 bits per heavy atom. The van der Waals surface area contributed by atoms with Crippen LogP contribution in [0.25, 0.3) is 0 Å². The summed E-state index contributed by atoms with van der Waals surface area (Å²) in [5.74, 6) is 1.01. The van der Waals surface area contributed by atoms with Crippen molar-refractivity contribution in [1.82, 2.24) is 9.80 Å². The van der Waals surface area contributed by atoms with Gasteiger partial charge in [0, 0.05) is 37.7 Å². The Bertz CT molecular complexity index is 1020. The predicted molar refractivity (Wildman–Crippen MR) is 122 cm³/mol. The Kier molecular flexibility index (Phi) is 7.08. The second-order valence-electron chi connectivity index (χ2n) is 7.31. The summed E-state index contributed by atoms with van der Waals surface area (Å²) in [5, 5.41) is 1.06. The Morgan fingerprint density at radius 3 is 2.29 bits per heavy atom. The van der Waals surface area contributed by atoms with E-state index in [9.17, 15) is 4.79 Å². The lowest BCUT2D eigenvalue weighted by molar-refractivity contribution is 0.0594. The Balaban J connectivity index is 1.31. The average Bonchev–Trinajstić information content (AvgIpc) is 3.23. The predicted octanol–water partition coefficient (Wildman–Crippen LogP) is 5.78. The maximum atomic E-state index is 12.8. The first-order chi connectivity index (χ1) is 15.0. The van der Waals surface area contributed by atoms with Crippen LogP contribution < -0.4 is 4.74 Å². The van der Waals surface area contributed by atoms with Gasteiger partial charge in [0.2, 0.25) is 0 Å². The van der Waals surface area contributed by atoms with Crippen molar-refractivity contribution in [2.24, 2.45) is 0 Å². The number of furan rings is 1. The van der Waals surface area contributed by atoms with Gasteiger partial charge in [0.1, 0.15) is 12.4 Å². The van der Waals surface area contributed by atoms with Crippen LogP contribution in [-0.4, -0.2) is 41.9 Å². The van der Waals surface area contributed by atoms with Gasteiger partial charge in [0.05, 0.1) is 10.0 Å². The number of carbonyl (C=O) groups is 1. The van der Waals surface area contributed by atoms with Gasteiger partial charge in [-0.15, -0.1) is 0 Å². The molecular weight excluding hydrogens is 459 g/mol. The standard InChI is InChI=1S/C23H21Cl3N2O3/c24-17-12-19(25)22(20(26)13-17)30-15-18-6-7-21(31-18)23(29)28-10-8-27(9-11-28)14-16-4-2-1-3-5-16/h1-7,12-13H,8-11,14-15H2. The molecule has 31 heavy (non-hydrogen) atoms. The Labute approximate surface area is 196 Å². The highest BCUT2D eigenvalue weighted by Gasteiger charge is 2.24. The minimum absolute atomic E-state index is 0.0964. The Hall–Kier alpha value is -2.18. The summed E-state index contributed by atoms with van der Waals surface area (Å²) < 4.78 is 11.4. The van der Waals surface area contributed by atoms with Crippen LogP contribution in [0.5, 0.6) is 5.75 Å². The van der Waals surface area contributed by atoms with Gasteiger partial charge in [-0.25, -0.2) is 0 Å². The lowest BCUT2D eigenvalue weighted by Gasteiger charge is -2.34. The van der Waals surface area contributed by atoms with Crippen LogP contribution in [0, 0.1) is 0 Å². The number of piperazine rings is 1. The van der Waals surface area contributed by atoms with Gasteiger partial charge in [-0.3, -0.25) is 9.69 Å². The lowest BCUT2D eigenvalue weighted by atomic mass is 10.2. The van der Waals surface area contributed by atoms with E-state index in [4.69, 9.17) is 44.0 Å². The van der Waals surface area contributed by atoms with Crippen molar-refractivity contribution in [1.29, 1.82) is 0 Å². The van der Waals surface area contributed by atoms with Crippen molar-refractivity contribution in [3.63, 3.8) is 0 Å². The van der Waals surface area contributed by atoms with Gasteiger partial charge in [0.15, 0.2) is 11.5 Å². The topological polar surface area (TPSA) is 45.9 Å². The third kappa shape index (κ3) is 5.55. The molecular formula is C23H21Cl3N2O3. The van der Waals surface area contributed by atoms with Gasteiger partial charge in [-0.1, -0.05) is 65.1 Å². The van der Waals surface area contributed by atoms with Crippen LogP contribution in [0.1, 0.15) is 21.9 Å². The number of rotatable bonds is 6. The zero-order valence-electron chi connectivity index (χ0n) is 16.7. The number of hydrogen-bond donors (Lipinski definition) is 0. The molecule has 0 unspecified atom stereocenters. The third-order valence-electron chi connectivity index (χ3n) is 5.10. The van der Waals surface area contributed by atoms with E-state index in [1.807, 2.05) is 23.1 Å². The number of ether oxygens (including phenoxy) is 1. The fourth-order valence-electron chi connectivity index (χ4n) is 3.49. The summed E-state index contributed by atoms with van der Waals surface area (Å²) in [6.45, 7) is 3.96. The highest BCUT2D eigenvalue weighted by Crippen LogP contribution is 2.36. The number of benzene rings is 2. The van der Waals surface area contributed by atoms with Crippen LogP contribution in [-0.2, 0) is 13.2 Å². The first-order valence-corrected chi connectivity index (χ1v) is 11.0. The van der Waals surface area contributed by atoms with Crippen LogP contribution in [0.4, 0.5) is 0 Å². The average molecular weight is 480 g/mol. The number of nitrogens with zero attached hydrogens (tertiary/aromatic N) is 2. The molecule has 2 aromatic carbocycles. The van der Waals surface area contributed by atoms with Gasteiger partial charge in [0.25, 0.3) is 5.91 Å². The molecule has 2 heterocycles.